The van der Waals surface area contributed by atoms with E-state index < -0.39 is 23.8 Å². The number of halogens is 2. The number of rotatable bonds is 7. The Balaban J connectivity index is 1.58. The number of aromatic nitrogens is 2. The summed E-state index contributed by atoms with van der Waals surface area (Å²) < 4.78 is 46.1. The predicted molar refractivity (Wildman–Crippen MR) is 115 cm³/mol. The molecule has 1 unspecified atom stereocenters. The van der Waals surface area contributed by atoms with Crippen LogP contribution in [0.15, 0.2) is 48.8 Å². The first-order chi connectivity index (χ1) is 15.5. The number of anilines is 1. The highest BCUT2D eigenvalue weighted by Gasteiger charge is 2.35. The monoisotopic (exact) mass is 459 g/mol. The second-order valence-electron chi connectivity index (χ2n) is 6.79. The highest BCUT2D eigenvalue weighted by Crippen LogP contribution is 2.41. The molecule has 4 rings (SSSR count). The van der Waals surface area contributed by atoms with Crippen LogP contribution in [0.25, 0.3) is 0 Å². The fourth-order valence-corrected chi connectivity index (χ4v) is 3.61. The lowest BCUT2D eigenvalue weighted by molar-refractivity contribution is 0.114. The van der Waals surface area contributed by atoms with Gasteiger partial charge in [0, 0.05) is 35.7 Å². The molecule has 0 saturated carbocycles. The van der Waals surface area contributed by atoms with E-state index in [0.29, 0.717) is 11.1 Å². The van der Waals surface area contributed by atoms with Crippen molar-refractivity contribution in [1.29, 1.82) is 0 Å². The lowest BCUT2D eigenvalue weighted by atomic mass is 10.0. The van der Waals surface area contributed by atoms with Crippen LogP contribution in [0.4, 0.5) is 19.3 Å². The summed E-state index contributed by atoms with van der Waals surface area (Å²) >= 11 is 1.12. The van der Waals surface area contributed by atoms with Gasteiger partial charge in [-0.25, -0.2) is 23.9 Å². The topological polar surface area (TPSA) is 88.6 Å². The first-order valence-corrected chi connectivity index (χ1v) is 10.4. The standard InChI is InChI=1S/C21H19F2N5O3S/c1-12-14-7-8-16(30-20-25-9-4-10-26-20)18(23)19(14)31-21(29)28(12)11-13-5-3-6-15(17(13)22)27-32-24-2/h3-10,12,24,27H,11H2,1-2H3. The molecule has 0 spiro atoms. The summed E-state index contributed by atoms with van der Waals surface area (Å²) in [6, 6.07) is 8.86. The van der Waals surface area contributed by atoms with Crippen LogP contribution in [0.2, 0.25) is 0 Å². The summed E-state index contributed by atoms with van der Waals surface area (Å²) in [6.07, 6.45) is 2.12. The van der Waals surface area contributed by atoms with Gasteiger partial charge in [-0.1, -0.05) is 12.1 Å². The minimum atomic E-state index is -0.837. The van der Waals surface area contributed by atoms with Gasteiger partial charge in [0.25, 0.3) is 0 Å². The Bertz CT molecular complexity index is 1140. The summed E-state index contributed by atoms with van der Waals surface area (Å²) in [5.41, 5.74) is 1.00. The maximum absolute atomic E-state index is 15.0. The van der Waals surface area contributed by atoms with Crippen LogP contribution in [-0.4, -0.2) is 28.0 Å². The summed E-state index contributed by atoms with van der Waals surface area (Å²) in [7, 11) is 1.70. The third-order valence-corrected chi connectivity index (χ3v) is 5.39. The summed E-state index contributed by atoms with van der Waals surface area (Å²) in [4.78, 5) is 21.8. The average molecular weight is 459 g/mol. The van der Waals surface area contributed by atoms with Crippen molar-refractivity contribution in [2.24, 2.45) is 0 Å². The van der Waals surface area contributed by atoms with Crippen molar-refractivity contribution in [3.05, 3.63) is 71.6 Å². The van der Waals surface area contributed by atoms with E-state index in [-0.39, 0.29) is 29.7 Å². The maximum Gasteiger partial charge on any atom is 0.416 e. The van der Waals surface area contributed by atoms with Crippen molar-refractivity contribution in [3.63, 3.8) is 0 Å². The minimum absolute atomic E-state index is 0.0384. The predicted octanol–water partition coefficient (Wildman–Crippen LogP) is 4.82. The maximum atomic E-state index is 15.0. The average Bonchev–Trinajstić information content (AvgIpc) is 2.80. The number of ether oxygens (including phenoxy) is 2. The molecule has 0 aliphatic carbocycles. The fourth-order valence-electron chi connectivity index (χ4n) is 3.24. The van der Waals surface area contributed by atoms with Crippen LogP contribution in [-0.2, 0) is 6.54 Å². The van der Waals surface area contributed by atoms with Crippen molar-refractivity contribution in [1.82, 2.24) is 19.6 Å². The van der Waals surface area contributed by atoms with Crippen molar-refractivity contribution >= 4 is 23.9 Å². The molecule has 1 aliphatic rings. The summed E-state index contributed by atoms with van der Waals surface area (Å²) in [6.45, 7) is 1.67. The lowest BCUT2D eigenvalue weighted by Gasteiger charge is -2.34. The molecule has 166 valence electrons. The van der Waals surface area contributed by atoms with E-state index in [9.17, 15) is 9.18 Å². The van der Waals surface area contributed by atoms with Gasteiger partial charge in [0.2, 0.25) is 5.82 Å². The number of hydrogen-bond acceptors (Lipinski definition) is 8. The second kappa shape index (κ2) is 9.37. The van der Waals surface area contributed by atoms with Gasteiger partial charge in [-0.05, 0) is 38.2 Å². The number of amides is 1. The van der Waals surface area contributed by atoms with Crippen molar-refractivity contribution < 1.29 is 23.0 Å². The SMILES string of the molecule is CNSNc1cccc(CN2C(=O)Oc3c(ccc(Oc4ncccn4)c3F)C2C)c1F. The van der Waals surface area contributed by atoms with Crippen molar-refractivity contribution in [2.45, 2.75) is 19.5 Å². The van der Waals surface area contributed by atoms with Gasteiger partial charge in [0.15, 0.2) is 17.3 Å². The number of hydrogen-bond donors (Lipinski definition) is 2. The second-order valence-corrected chi connectivity index (χ2v) is 7.60. The molecule has 0 saturated heterocycles. The van der Waals surface area contributed by atoms with Gasteiger partial charge < -0.3 is 14.2 Å². The van der Waals surface area contributed by atoms with Crippen LogP contribution < -0.4 is 18.9 Å². The number of carbonyl (C=O) groups excluding carboxylic acids is 1. The first kappa shape index (κ1) is 21.8. The number of carbonyl (C=O) groups is 1. The van der Waals surface area contributed by atoms with Gasteiger partial charge in [-0.2, -0.15) is 4.39 Å². The molecule has 1 aliphatic heterocycles. The van der Waals surface area contributed by atoms with Gasteiger partial charge >= 0.3 is 12.1 Å². The van der Waals surface area contributed by atoms with Crippen LogP contribution >= 0.6 is 12.1 Å². The summed E-state index contributed by atoms with van der Waals surface area (Å²) in [5.74, 6) is -1.72. The zero-order chi connectivity index (χ0) is 22.7. The third kappa shape index (κ3) is 4.30. The van der Waals surface area contributed by atoms with Gasteiger partial charge in [-0.15, -0.1) is 0 Å². The number of nitrogens with one attached hydrogen (secondary N) is 2. The van der Waals surface area contributed by atoms with Crippen molar-refractivity contribution in [3.8, 4) is 17.5 Å². The van der Waals surface area contributed by atoms with E-state index in [2.05, 4.69) is 19.4 Å². The Morgan fingerprint density at radius 3 is 2.69 bits per heavy atom. The number of fused-ring (bicyclic) bond motifs is 1. The first-order valence-electron chi connectivity index (χ1n) is 9.61. The van der Waals surface area contributed by atoms with E-state index in [4.69, 9.17) is 9.47 Å². The van der Waals surface area contributed by atoms with Gasteiger partial charge in [-0.3, -0.25) is 4.90 Å². The van der Waals surface area contributed by atoms with Crippen molar-refractivity contribution in [2.75, 3.05) is 11.8 Å². The van der Waals surface area contributed by atoms with Crippen LogP contribution in [0, 0.1) is 11.6 Å². The summed E-state index contributed by atoms with van der Waals surface area (Å²) in [5, 5.41) is 0. The molecule has 1 atom stereocenters. The Morgan fingerprint density at radius 1 is 1.16 bits per heavy atom. The third-order valence-electron chi connectivity index (χ3n) is 4.86. The molecule has 1 amide bonds. The van der Waals surface area contributed by atoms with Gasteiger partial charge in [0.1, 0.15) is 0 Å². The Morgan fingerprint density at radius 2 is 1.94 bits per heavy atom. The molecule has 0 bridgehead atoms. The largest absolute Gasteiger partial charge is 0.421 e. The molecule has 2 N–H and O–H groups in total. The Hall–Kier alpha value is -3.44. The van der Waals surface area contributed by atoms with E-state index in [1.54, 1.807) is 44.3 Å². The Kier molecular flexibility index (Phi) is 6.37. The number of benzene rings is 2. The van der Waals surface area contributed by atoms with E-state index in [1.807, 2.05) is 0 Å². The molecule has 11 heteroatoms. The van der Waals surface area contributed by atoms with Crippen LogP contribution in [0.3, 0.4) is 0 Å². The molecule has 0 radical (unpaired) electrons. The van der Waals surface area contributed by atoms with Gasteiger partial charge in [0.05, 0.1) is 18.3 Å². The minimum Gasteiger partial charge on any atom is -0.421 e. The zero-order valence-electron chi connectivity index (χ0n) is 17.1. The van der Waals surface area contributed by atoms with Crippen LogP contribution in [0.5, 0.6) is 17.5 Å². The molecule has 32 heavy (non-hydrogen) atoms. The molecule has 3 aromatic rings. The van der Waals surface area contributed by atoms with E-state index in [0.717, 1.165) is 12.1 Å². The molecule has 8 nitrogen and oxygen atoms in total. The van der Waals surface area contributed by atoms with E-state index >= 15 is 4.39 Å². The highest BCUT2D eigenvalue weighted by molar-refractivity contribution is 7.98. The normalized spacial score (nSPS) is 15.2. The highest BCUT2D eigenvalue weighted by atomic mass is 32.2. The van der Waals surface area contributed by atoms with Crippen LogP contribution in [0.1, 0.15) is 24.1 Å². The number of nitrogens with zero attached hydrogens (tertiary/aromatic N) is 3. The Labute approximate surface area is 187 Å². The zero-order valence-corrected chi connectivity index (χ0v) is 18.0. The molecular formula is C21H19F2N5O3S. The molecule has 0 fully saturated rings. The smallest absolute Gasteiger partial charge is 0.416 e. The fraction of sp³-hybridized carbons (Fsp3) is 0.190. The molecular weight excluding hydrogens is 440 g/mol. The molecule has 2 aromatic carbocycles. The molecule has 2 heterocycles. The lowest BCUT2D eigenvalue weighted by Crippen LogP contribution is -2.39. The van der Waals surface area contributed by atoms with E-state index in [1.165, 1.54) is 23.4 Å². The quantitative estimate of drug-likeness (QED) is 0.487. The molecule has 1 aromatic heterocycles.